The Morgan fingerprint density at radius 3 is 3.00 bits per heavy atom. The first-order valence-corrected chi connectivity index (χ1v) is 7.59. The number of benzene rings is 1. The van der Waals surface area contributed by atoms with Gasteiger partial charge < -0.3 is 15.4 Å². The summed E-state index contributed by atoms with van der Waals surface area (Å²) in [7, 11) is 0. The summed E-state index contributed by atoms with van der Waals surface area (Å²) < 4.78 is 4.93. The average molecular weight is 308 g/mol. The van der Waals surface area contributed by atoms with E-state index in [0.717, 1.165) is 11.3 Å². The van der Waals surface area contributed by atoms with E-state index in [1.807, 2.05) is 6.92 Å². The maximum atomic E-state index is 11.9. The molecule has 6 nitrogen and oxygen atoms in total. The Morgan fingerprint density at radius 1 is 1.43 bits per heavy atom. The number of esters is 1. The van der Waals surface area contributed by atoms with Gasteiger partial charge in [0.25, 0.3) is 5.91 Å². The van der Waals surface area contributed by atoms with Crippen LogP contribution in [0.4, 0.5) is 5.69 Å². The Kier molecular flexibility index (Phi) is 5.21. The molecule has 0 fully saturated rings. The molecule has 0 aliphatic carbocycles. The van der Waals surface area contributed by atoms with Crippen LogP contribution in [-0.4, -0.2) is 36.7 Å². The van der Waals surface area contributed by atoms with Gasteiger partial charge in [0.05, 0.1) is 17.0 Å². The average Bonchev–Trinajstić information content (AvgIpc) is 2.49. The van der Waals surface area contributed by atoms with Gasteiger partial charge in [-0.3, -0.25) is 9.59 Å². The number of hydrogen-bond acceptors (Lipinski definition) is 5. The second-order valence-corrected chi connectivity index (χ2v) is 5.49. The Hall–Kier alpha value is -2.02. The van der Waals surface area contributed by atoms with E-state index in [-0.39, 0.29) is 18.4 Å². The minimum absolute atomic E-state index is 0.100. The molecule has 0 atom stereocenters. The third-order valence-electron chi connectivity index (χ3n) is 2.75. The van der Waals surface area contributed by atoms with Crippen LogP contribution in [0.2, 0.25) is 0 Å². The van der Waals surface area contributed by atoms with Crippen LogP contribution in [0, 0.1) is 0 Å². The molecule has 2 rings (SSSR count). The van der Waals surface area contributed by atoms with E-state index in [4.69, 9.17) is 4.74 Å². The first-order valence-electron chi connectivity index (χ1n) is 6.60. The number of fused-ring (bicyclic) bond motifs is 1. The molecule has 0 radical (unpaired) electrons. The number of carbonyl (C=O) groups is 3. The van der Waals surface area contributed by atoms with Crippen molar-refractivity contribution in [2.45, 2.75) is 18.2 Å². The van der Waals surface area contributed by atoms with Crippen molar-refractivity contribution in [3.63, 3.8) is 0 Å². The standard InChI is InChI=1S/C14H16N2O4S/c1-2-5-15-12(17)7-20-14(19)9-3-4-11-10(6-9)16-13(18)8-21-11/h3-4,6H,2,5,7-8H2,1H3,(H,15,17)(H,16,18). The Balaban J connectivity index is 1.95. The quantitative estimate of drug-likeness (QED) is 0.804. The third kappa shape index (κ3) is 4.22. The van der Waals surface area contributed by atoms with E-state index < -0.39 is 5.97 Å². The van der Waals surface area contributed by atoms with Crippen LogP contribution in [-0.2, 0) is 14.3 Å². The van der Waals surface area contributed by atoms with Crippen molar-refractivity contribution in [2.24, 2.45) is 0 Å². The predicted octanol–water partition coefficient (Wildman–Crippen LogP) is 1.41. The molecule has 112 valence electrons. The largest absolute Gasteiger partial charge is 0.452 e. The lowest BCUT2D eigenvalue weighted by Crippen LogP contribution is -2.29. The topological polar surface area (TPSA) is 84.5 Å². The monoisotopic (exact) mass is 308 g/mol. The summed E-state index contributed by atoms with van der Waals surface area (Å²) in [4.78, 5) is 35.5. The van der Waals surface area contributed by atoms with Gasteiger partial charge in [-0.15, -0.1) is 11.8 Å². The Morgan fingerprint density at radius 2 is 2.24 bits per heavy atom. The summed E-state index contributed by atoms with van der Waals surface area (Å²) in [6, 6.07) is 4.94. The lowest BCUT2D eigenvalue weighted by Gasteiger charge is -2.16. The van der Waals surface area contributed by atoms with E-state index in [0.29, 0.717) is 23.5 Å². The van der Waals surface area contributed by atoms with Gasteiger partial charge >= 0.3 is 5.97 Å². The van der Waals surface area contributed by atoms with Crippen molar-refractivity contribution in [1.29, 1.82) is 0 Å². The highest BCUT2D eigenvalue weighted by Crippen LogP contribution is 2.32. The number of ether oxygens (including phenoxy) is 1. The van der Waals surface area contributed by atoms with Crippen molar-refractivity contribution < 1.29 is 19.1 Å². The summed E-state index contributed by atoms with van der Waals surface area (Å²) in [5.74, 6) is -0.646. The number of nitrogens with one attached hydrogen (secondary N) is 2. The highest BCUT2D eigenvalue weighted by molar-refractivity contribution is 8.00. The van der Waals surface area contributed by atoms with Crippen LogP contribution in [0.1, 0.15) is 23.7 Å². The first-order chi connectivity index (χ1) is 10.1. The van der Waals surface area contributed by atoms with Crippen LogP contribution < -0.4 is 10.6 Å². The van der Waals surface area contributed by atoms with Crippen LogP contribution >= 0.6 is 11.8 Å². The van der Waals surface area contributed by atoms with Gasteiger partial charge in [0.2, 0.25) is 5.91 Å². The van der Waals surface area contributed by atoms with Gasteiger partial charge in [-0.05, 0) is 24.6 Å². The second kappa shape index (κ2) is 7.12. The summed E-state index contributed by atoms with van der Waals surface area (Å²) >= 11 is 1.42. The molecule has 2 amide bonds. The van der Waals surface area contributed by atoms with E-state index in [1.165, 1.54) is 11.8 Å². The fourth-order valence-corrected chi connectivity index (χ4v) is 2.53. The third-order valence-corrected chi connectivity index (χ3v) is 3.83. The number of carbonyl (C=O) groups excluding carboxylic acids is 3. The zero-order valence-electron chi connectivity index (χ0n) is 11.6. The molecule has 0 saturated heterocycles. The van der Waals surface area contributed by atoms with Gasteiger partial charge in [0.15, 0.2) is 6.61 Å². The fourth-order valence-electron chi connectivity index (χ4n) is 1.74. The maximum Gasteiger partial charge on any atom is 0.338 e. The molecule has 1 aliphatic rings. The summed E-state index contributed by atoms with van der Waals surface area (Å²) in [5, 5.41) is 5.32. The van der Waals surface area contributed by atoms with Gasteiger partial charge in [0, 0.05) is 11.4 Å². The Bertz CT molecular complexity index is 574. The molecule has 0 saturated carbocycles. The van der Waals surface area contributed by atoms with Gasteiger partial charge in [0.1, 0.15) is 0 Å². The molecule has 21 heavy (non-hydrogen) atoms. The fraction of sp³-hybridized carbons (Fsp3) is 0.357. The van der Waals surface area contributed by atoms with Crippen molar-refractivity contribution in [2.75, 3.05) is 24.2 Å². The molecule has 1 heterocycles. The molecule has 1 aromatic rings. The SMILES string of the molecule is CCCNC(=O)COC(=O)c1ccc2c(c1)NC(=O)CS2. The number of rotatable bonds is 5. The van der Waals surface area contributed by atoms with Crippen molar-refractivity contribution in [1.82, 2.24) is 5.32 Å². The van der Waals surface area contributed by atoms with Crippen molar-refractivity contribution in [3.05, 3.63) is 23.8 Å². The maximum absolute atomic E-state index is 11.9. The van der Waals surface area contributed by atoms with Gasteiger partial charge in [-0.2, -0.15) is 0 Å². The zero-order valence-corrected chi connectivity index (χ0v) is 12.4. The Labute approximate surface area is 126 Å². The van der Waals surface area contributed by atoms with Gasteiger partial charge in [-0.25, -0.2) is 4.79 Å². The number of thioether (sulfide) groups is 1. The summed E-state index contributed by atoms with van der Waals surface area (Å²) in [6.45, 7) is 2.18. The van der Waals surface area contributed by atoms with Crippen LogP contribution in [0.15, 0.2) is 23.1 Å². The number of hydrogen-bond donors (Lipinski definition) is 2. The molecule has 1 aromatic carbocycles. The predicted molar refractivity (Wildman–Crippen MR) is 79.4 cm³/mol. The highest BCUT2D eigenvalue weighted by atomic mass is 32.2. The van der Waals surface area contributed by atoms with Crippen LogP contribution in [0.3, 0.4) is 0 Å². The van der Waals surface area contributed by atoms with Crippen LogP contribution in [0.25, 0.3) is 0 Å². The molecule has 0 bridgehead atoms. The minimum Gasteiger partial charge on any atom is -0.452 e. The molecular formula is C14H16N2O4S. The van der Waals surface area contributed by atoms with E-state index in [9.17, 15) is 14.4 Å². The molecular weight excluding hydrogens is 292 g/mol. The summed E-state index contributed by atoms with van der Waals surface area (Å²) in [5.41, 5.74) is 0.904. The normalized spacial score (nSPS) is 13.1. The number of anilines is 1. The zero-order chi connectivity index (χ0) is 15.2. The smallest absolute Gasteiger partial charge is 0.338 e. The molecule has 2 N–H and O–H groups in total. The lowest BCUT2D eigenvalue weighted by molar-refractivity contribution is -0.124. The van der Waals surface area contributed by atoms with E-state index in [2.05, 4.69) is 10.6 Å². The molecule has 0 aromatic heterocycles. The molecule has 1 aliphatic heterocycles. The van der Waals surface area contributed by atoms with Crippen LogP contribution in [0.5, 0.6) is 0 Å². The summed E-state index contributed by atoms with van der Waals surface area (Å²) in [6.07, 6.45) is 0.821. The van der Waals surface area contributed by atoms with E-state index >= 15 is 0 Å². The highest BCUT2D eigenvalue weighted by Gasteiger charge is 2.18. The first kappa shape index (κ1) is 15.4. The van der Waals surface area contributed by atoms with Gasteiger partial charge in [-0.1, -0.05) is 6.92 Å². The van der Waals surface area contributed by atoms with Crippen molar-refractivity contribution in [3.8, 4) is 0 Å². The second-order valence-electron chi connectivity index (χ2n) is 4.47. The van der Waals surface area contributed by atoms with E-state index in [1.54, 1.807) is 18.2 Å². The molecule has 7 heteroatoms. The molecule has 0 spiro atoms. The van der Waals surface area contributed by atoms with Crippen molar-refractivity contribution >= 4 is 35.2 Å². The number of amides is 2. The lowest BCUT2D eigenvalue weighted by atomic mass is 10.2. The minimum atomic E-state index is -0.589. The molecule has 0 unspecified atom stereocenters.